The number of fused-ring (bicyclic) bond motifs is 1. The summed E-state index contributed by atoms with van der Waals surface area (Å²) >= 11 is 2.31. The van der Waals surface area contributed by atoms with Gasteiger partial charge < -0.3 is 35.4 Å². The second-order valence-corrected chi connectivity index (χ2v) is 8.74. The Bertz CT molecular complexity index is 1030. The van der Waals surface area contributed by atoms with Gasteiger partial charge in [-0.25, -0.2) is 9.78 Å². The van der Waals surface area contributed by atoms with Gasteiger partial charge in [-0.05, 0) is 0 Å². The third kappa shape index (κ3) is 5.60. The van der Waals surface area contributed by atoms with Gasteiger partial charge in [0.15, 0.2) is 10.8 Å². The summed E-state index contributed by atoms with van der Waals surface area (Å²) in [5, 5.41) is 19.0. The monoisotopic (exact) mass is 506 g/mol. The zero-order valence-corrected chi connectivity index (χ0v) is 21.8. The van der Waals surface area contributed by atoms with Crippen molar-refractivity contribution in [1.82, 2.24) is 20.1 Å². The summed E-state index contributed by atoms with van der Waals surface area (Å²) < 4.78 is 5.04. The fraction of sp³-hybridized carbons (Fsp3) is 0.412. The van der Waals surface area contributed by atoms with Crippen LogP contribution >= 0.6 is 23.1 Å². The summed E-state index contributed by atoms with van der Waals surface area (Å²) in [5.74, 6) is -2.81. The van der Waals surface area contributed by atoms with Crippen LogP contribution in [-0.4, -0.2) is 89.4 Å². The van der Waals surface area contributed by atoms with Crippen LogP contribution in [0.1, 0.15) is 5.69 Å². The molecule has 2 aliphatic rings. The molecule has 2 aliphatic heterocycles. The second kappa shape index (κ2) is 11.2. The number of carboxylic acid groups (broad SMARTS) is 1. The molecule has 16 heteroatoms. The topological polar surface area (TPSA) is 180 Å². The molecule has 3 amide bonds. The van der Waals surface area contributed by atoms with E-state index in [1.807, 2.05) is 0 Å². The zero-order valence-electron chi connectivity index (χ0n) is 18.2. The summed E-state index contributed by atoms with van der Waals surface area (Å²) in [6.07, 6.45) is -0.657. The number of nitrogens with one attached hydrogen (secondary N) is 1. The first-order valence-electron chi connectivity index (χ1n) is 9.01. The molecule has 1 aromatic heterocycles. The average Bonchev–Trinajstić information content (AvgIpc) is 3.18. The molecule has 3 heterocycles. The summed E-state index contributed by atoms with van der Waals surface area (Å²) in [7, 11) is 4.21. The molecule has 33 heavy (non-hydrogen) atoms. The van der Waals surface area contributed by atoms with Crippen LogP contribution in [0.2, 0.25) is 0 Å². The van der Waals surface area contributed by atoms with Crippen LogP contribution in [0, 0.1) is 0 Å². The Hall–Kier alpha value is -2.33. The van der Waals surface area contributed by atoms with E-state index in [1.165, 1.54) is 43.2 Å². The first kappa shape index (κ1) is 26.9. The molecular weight excluding hydrogens is 487 g/mol. The van der Waals surface area contributed by atoms with Crippen LogP contribution in [0.25, 0.3) is 0 Å². The van der Waals surface area contributed by atoms with Crippen molar-refractivity contribution in [2.45, 2.75) is 11.4 Å². The van der Waals surface area contributed by atoms with Crippen molar-refractivity contribution in [3.8, 4) is 0 Å². The molecule has 172 valence electrons. The summed E-state index contributed by atoms with van der Waals surface area (Å²) in [6, 6.07) is -1.01. The van der Waals surface area contributed by atoms with Gasteiger partial charge in [-0.3, -0.25) is 14.5 Å². The molecule has 1 aromatic rings. The number of anilines is 1. The molecule has 0 bridgehead atoms. The number of nitrogens with two attached hydrogens (primary N) is 1. The second-order valence-electron chi connectivity index (χ2n) is 6.74. The van der Waals surface area contributed by atoms with Gasteiger partial charge in [-0.15, -0.1) is 23.1 Å². The van der Waals surface area contributed by atoms with Gasteiger partial charge in [-0.1, -0.05) is 5.16 Å². The van der Waals surface area contributed by atoms with E-state index in [2.05, 4.69) is 15.5 Å². The van der Waals surface area contributed by atoms with E-state index in [4.69, 9.17) is 15.3 Å². The van der Waals surface area contributed by atoms with Crippen molar-refractivity contribution in [3.63, 3.8) is 0 Å². The maximum atomic E-state index is 12.7. The predicted octanol–water partition coefficient (Wildman–Crippen LogP) is -4.82. The van der Waals surface area contributed by atoms with Crippen molar-refractivity contribution in [2.75, 3.05) is 39.3 Å². The van der Waals surface area contributed by atoms with Gasteiger partial charge in [0, 0.05) is 30.8 Å². The van der Waals surface area contributed by atoms with Crippen LogP contribution in [0.3, 0.4) is 0 Å². The molecule has 13 nitrogen and oxygen atoms in total. The molecule has 0 aliphatic carbocycles. The Morgan fingerprint density at radius 1 is 1.42 bits per heavy atom. The van der Waals surface area contributed by atoms with Gasteiger partial charge in [0.25, 0.3) is 11.8 Å². The number of ether oxygens (including phenoxy) is 1. The Morgan fingerprint density at radius 3 is 2.67 bits per heavy atom. The van der Waals surface area contributed by atoms with E-state index < -0.39 is 35.3 Å². The van der Waals surface area contributed by atoms with Gasteiger partial charge in [0.1, 0.15) is 30.8 Å². The number of thioether (sulfide) groups is 1. The van der Waals surface area contributed by atoms with Gasteiger partial charge in [-0.2, -0.15) is 0 Å². The van der Waals surface area contributed by atoms with E-state index in [1.54, 1.807) is 0 Å². The minimum Gasteiger partial charge on any atom is -0.543 e. The number of thiazole rings is 1. The molecule has 0 saturated carbocycles. The molecule has 3 rings (SSSR count). The maximum Gasteiger partial charge on any atom is 1.00 e. The number of aromatic nitrogens is 1. The number of oxime groups is 1. The van der Waals surface area contributed by atoms with Crippen molar-refractivity contribution >= 4 is 57.8 Å². The Kier molecular flexibility index (Phi) is 9.13. The SMILES string of the molecule is CON=C(C(=O)NC1C(=O)N2C(C(=O)[O-])=C(COC(=O)N(C)C)CS[C@H]12)c1csc(N)n1.[Na+]. The zero-order chi connectivity index (χ0) is 23.6. The predicted molar refractivity (Wildman–Crippen MR) is 112 cm³/mol. The van der Waals surface area contributed by atoms with E-state index in [9.17, 15) is 24.3 Å². The Balaban J connectivity index is 0.00000385. The number of hydrogen-bond donors (Lipinski definition) is 2. The summed E-state index contributed by atoms with van der Waals surface area (Å²) in [6.45, 7) is -0.309. The number of rotatable bonds is 7. The fourth-order valence-corrected chi connectivity index (χ4v) is 4.84. The first-order chi connectivity index (χ1) is 15.1. The summed E-state index contributed by atoms with van der Waals surface area (Å²) in [5.41, 5.74) is 5.44. The van der Waals surface area contributed by atoms with Crippen molar-refractivity contribution in [2.24, 2.45) is 5.16 Å². The average molecular weight is 506 g/mol. The minimum atomic E-state index is -1.58. The smallest absolute Gasteiger partial charge is 0.543 e. The largest absolute Gasteiger partial charge is 1.00 e. The number of aliphatic carboxylic acids is 1. The number of nitrogens with zero attached hydrogens (tertiary/aromatic N) is 4. The van der Waals surface area contributed by atoms with Crippen molar-refractivity contribution in [3.05, 3.63) is 22.3 Å². The third-order valence-electron chi connectivity index (χ3n) is 4.42. The van der Waals surface area contributed by atoms with Gasteiger partial charge >= 0.3 is 35.7 Å². The van der Waals surface area contributed by atoms with Crippen LogP contribution in [0.5, 0.6) is 0 Å². The number of amides is 3. The molecule has 2 atom stereocenters. The van der Waals surface area contributed by atoms with Crippen LogP contribution < -0.4 is 45.7 Å². The molecule has 1 unspecified atom stereocenters. The first-order valence-corrected chi connectivity index (χ1v) is 10.9. The molecule has 1 saturated heterocycles. The standard InChI is InChI=1S/C17H20N6O7S2.Na/c1-22(2)17(28)30-4-7-5-31-14-10(13(25)23(14)11(7)15(26)27)20-12(24)9(21-29-3)8-6-32-16(18)19-8;/h6,10,14H,4-5H2,1-3H3,(H2,18,19)(H,20,24)(H,26,27);/q;+1/p-1/t10?,14-;/m1./s1. The number of nitrogen functional groups attached to an aromatic ring is 1. The number of β-lactam (4-membered cyclic amide) rings is 1. The van der Waals surface area contributed by atoms with Crippen molar-refractivity contribution in [1.29, 1.82) is 0 Å². The maximum absolute atomic E-state index is 12.7. The number of carbonyl (C=O) groups is 4. The molecule has 0 aromatic carbocycles. The van der Waals surface area contributed by atoms with Gasteiger partial charge in [0.2, 0.25) is 0 Å². The molecule has 0 radical (unpaired) electrons. The fourth-order valence-electron chi connectivity index (χ4n) is 2.96. The van der Waals surface area contributed by atoms with Crippen molar-refractivity contribution < 1.29 is 63.4 Å². The summed E-state index contributed by atoms with van der Waals surface area (Å²) in [4.78, 5) is 59.7. The number of carboxylic acids is 1. The van der Waals surface area contributed by atoms with Crippen LogP contribution in [-0.2, 0) is 24.0 Å². The van der Waals surface area contributed by atoms with Crippen LogP contribution in [0.15, 0.2) is 21.8 Å². The van der Waals surface area contributed by atoms with E-state index >= 15 is 0 Å². The minimum absolute atomic E-state index is 0. The third-order valence-corrected chi connectivity index (χ3v) is 6.44. The number of carbonyl (C=O) groups excluding carboxylic acids is 4. The Morgan fingerprint density at radius 2 is 2.12 bits per heavy atom. The molecule has 3 N–H and O–H groups in total. The quantitative estimate of drug-likeness (QED) is 0.158. The van der Waals surface area contributed by atoms with E-state index in [0.29, 0.717) is 0 Å². The number of hydrogen-bond acceptors (Lipinski definition) is 12. The molecule has 0 spiro atoms. The van der Waals surface area contributed by atoms with E-state index in [0.717, 1.165) is 16.2 Å². The van der Waals surface area contributed by atoms with Crippen LogP contribution in [0.4, 0.5) is 9.93 Å². The molecular formula is C17H19N6NaO7S2. The Labute approximate surface area is 218 Å². The normalized spacial score (nSPS) is 19.7. The molecule has 1 fully saturated rings. The van der Waals surface area contributed by atoms with Gasteiger partial charge in [0.05, 0.1) is 11.7 Å². The van der Waals surface area contributed by atoms with E-state index in [-0.39, 0.29) is 69.7 Å².